The van der Waals surface area contributed by atoms with Gasteiger partial charge >= 0.3 is 8.56 Å². The lowest BCUT2D eigenvalue weighted by Crippen LogP contribution is -2.60. The van der Waals surface area contributed by atoms with Crippen LogP contribution in [-0.4, -0.2) is 42.3 Å². The van der Waals surface area contributed by atoms with Crippen LogP contribution in [0.3, 0.4) is 0 Å². The molecule has 1 aliphatic heterocycles. The van der Waals surface area contributed by atoms with Crippen molar-refractivity contribution in [2.24, 2.45) is 5.92 Å². The minimum atomic E-state index is -2.66. The Kier molecular flexibility index (Phi) is 13.5. The van der Waals surface area contributed by atoms with Gasteiger partial charge in [0.1, 0.15) is 17.3 Å². The second kappa shape index (κ2) is 16.6. The first-order valence-electron chi connectivity index (χ1n) is 18.7. The first kappa shape index (κ1) is 40.6. The third-order valence-electron chi connectivity index (χ3n) is 11.5. The molecular formula is C42H66O6Si2. The highest BCUT2D eigenvalue weighted by molar-refractivity contribution is 6.74. The lowest BCUT2D eigenvalue weighted by atomic mass is 9.79. The zero-order valence-corrected chi connectivity index (χ0v) is 35.3. The van der Waals surface area contributed by atoms with E-state index < -0.39 is 16.9 Å². The van der Waals surface area contributed by atoms with Crippen molar-refractivity contribution in [2.75, 3.05) is 7.11 Å². The summed E-state index contributed by atoms with van der Waals surface area (Å²) in [6.07, 6.45) is 2.57. The van der Waals surface area contributed by atoms with Crippen LogP contribution in [0.4, 0.5) is 0 Å². The molecule has 0 N–H and O–H groups in total. The Bertz CT molecular complexity index is 1450. The molecule has 6 nitrogen and oxygen atoms in total. The quantitative estimate of drug-likeness (QED) is 0.137. The summed E-state index contributed by atoms with van der Waals surface area (Å²) in [6, 6.07) is 23.1. The average molecular weight is 723 g/mol. The van der Waals surface area contributed by atoms with E-state index >= 15 is 0 Å². The molecule has 1 fully saturated rings. The number of hydrogen-bond donors (Lipinski definition) is 0. The van der Waals surface area contributed by atoms with Crippen LogP contribution in [0.1, 0.15) is 105 Å². The summed E-state index contributed by atoms with van der Waals surface area (Å²) < 4.78 is 39.7. The molecule has 1 saturated heterocycles. The molecule has 0 saturated carbocycles. The van der Waals surface area contributed by atoms with Crippen LogP contribution in [0, 0.1) is 5.92 Å². The van der Waals surface area contributed by atoms with Crippen LogP contribution in [-0.2, 0) is 43.1 Å². The number of rotatable bonds is 16. The summed E-state index contributed by atoms with van der Waals surface area (Å²) in [6.45, 7) is 28.4. The van der Waals surface area contributed by atoms with Crippen molar-refractivity contribution < 1.29 is 27.2 Å². The molecule has 0 radical (unpaired) electrons. The van der Waals surface area contributed by atoms with E-state index in [1.165, 1.54) is 11.1 Å². The highest BCUT2D eigenvalue weighted by Gasteiger charge is 2.55. The Labute approximate surface area is 306 Å². The van der Waals surface area contributed by atoms with E-state index in [4.69, 9.17) is 27.2 Å². The van der Waals surface area contributed by atoms with E-state index in [1.807, 2.05) is 6.07 Å². The largest absolute Gasteiger partial charge is 0.497 e. The van der Waals surface area contributed by atoms with Gasteiger partial charge in [0, 0.05) is 5.41 Å². The first-order chi connectivity index (χ1) is 23.4. The molecule has 0 bridgehead atoms. The molecule has 1 aromatic heterocycles. The maximum atomic E-state index is 7.29. The highest BCUT2D eigenvalue weighted by atomic mass is 28.4. The summed E-state index contributed by atoms with van der Waals surface area (Å²) in [5.74, 6) is 2.94. The Hall–Kier alpha value is -2.21. The Morgan fingerprint density at radius 1 is 0.800 bits per heavy atom. The van der Waals surface area contributed by atoms with Gasteiger partial charge < -0.3 is 27.2 Å². The van der Waals surface area contributed by atoms with Gasteiger partial charge in [-0.2, -0.15) is 0 Å². The topological polar surface area (TPSA) is 59.3 Å². The molecule has 2 heterocycles. The third kappa shape index (κ3) is 9.81. The lowest BCUT2D eigenvalue weighted by molar-refractivity contribution is -0.0626. The lowest BCUT2D eigenvalue weighted by Gasteiger charge is -2.51. The van der Waals surface area contributed by atoms with Crippen LogP contribution >= 0.6 is 0 Å². The van der Waals surface area contributed by atoms with Gasteiger partial charge in [-0.15, -0.1) is 0 Å². The predicted octanol–water partition coefficient (Wildman–Crippen LogP) is 11.4. The molecule has 1 aliphatic rings. The first-order valence-corrected chi connectivity index (χ1v) is 23.6. The fourth-order valence-electron chi connectivity index (χ4n) is 6.85. The molecule has 50 heavy (non-hydrogen) atoms. The van der Waals surface area contributed by atoms with Gasteiger partial charge in [-0.1, -0.05) is 105 Å². The highest BCUT2D eigenvalue weighted by Crippen LogP contribution is 2.47. The normalized spacial score (nSPS) is 19.9. The second-order valence-electron chi connectivity index (χ2n) is 17.2. The Morgan fingerprint density at radius 3 is 2.02 bits per heavy atom. The van der Waals surface area contributed by atoms with Crippen molar-refractivity contribution in [3.05, 3.63) is 89.4 Å². The van der Waals surface area contributed by atoms with E-state index in [-0.39, 0.29) is 34.7 Å². The van der Waals surface area contributed by atoms with Gasteiger partial charge in [-0.05, 0) is 96.7 Å². The maximum Gasteiger partial charge on any atom is 0.343 e. The summed E-state index contributed by atoms with van der Waals surface area (Å²) in [5, 5.41) is 0.142. The summed E-state index contributed by atoms with van der Waals surface area (Å²) in [4.78, 5) is 0. The molecule has 2 aromatic carbocycles. The van der Waals surface area contributed by atoms with E-state index in [0.29, 0.717) is 24.3 Å². The molecular weight excluding hydrogens is 657 g/mol. The van der Waals surface area contributed by atoms with Crippen LogP contribution in [0.15, 0.2) is 71.1 Å². The Morgan fingerprint density at radius 2 is 1.44 bits per heavy atom. The van der Waals surface area contributed by atoms with Crippen molar-refractivity contribution in [1.82, 2.24) is 0 Å². The molecule has 8 heteroatoms. The van der Waals surface area contributed by atoms with Crippen molar-refractivity contribution >= 4 is 16.9 Å². The summed E-state index contributed by atoms with van der Waals surface area (Å²) >= 11 is 0. The zero-order chi connectivity index (χ0) is 36.9. The monoisotopic (exact) mass is 722 g/mol. The molecule has 278 valence electrons. The zero-order valence-electron chi connectivity index (χ0n) is 33.3. The molecule has 3 aromatic rings. The standard InChI is InChI=1S/C42H66O6Si2/c1-30(2)50(31(3)4)47-38(27-40(48-50)42(9,10)39-24-23-37(46-39)29-45-49(12,13)41(6,7)8)26-35(25-33-19-21-36(43-11)22-20-33)32(5)44-28-34-17-15-14-16-18-34/h14-24,30-32,35,38,40H,25-29H2,1-13H3/t32-,35-,38+,40-/m0/s1. The second-order valence-corrected chi connectivity index (χ2v) is 26.2. The summed E-state index contributed by atoms with van der Waals surface area (Å²) in [7, 11) is -2.85. The number of ether oxygens (including phenoxy) is 2. The van der Waals surface area contributed by atoms with Gasteiger partial charge in [-0.3, -0.25) is 0 Å². The molecule has 0 spiro atoms. The van der Waals surface area contributed by atoms with Crippen LogP contribution in [0.25, 0.3) is 0 Å². The van der Waals surface area contributed by atoms with Gasteiger partial charge in [0.05, 0.1) is 38.6 Å². The number of benzene rings is 2. The van der Waals surface area contributed by atoms with Crippen molar-refractivity contribution in [2.45, 2.75) is 155 Å². The van der Waals surface area contributed by atoms with Gasteiger partial charge in [0.25, 0.3) is 0 Å². The Balaban J connectivity index is 1.60. The van der Waals surface area contributed by atoms with E-state index in [1.54, 1.807) is 7.11 Å². The molecule has 0 aliphatic carbocycles. The van der Waals surface area contributed by atoms with Crippen molar-refractivity contribution in [3.63, 3.8) is 0 Å². The van der Waals surface area contributed by atoms with E-state index in [2.05, 4.69) is 143 Å². The third-order valence-corrected chi connectivity index (χ3v) is 20.5. The number of hydrogen-bond acceptors (Lipinski definition) is 6. The SMILES string of the molecule is COc1ccc(C[C@@H](C[C@@H]2C[C@@H](C(C)(C)c3ccc(CO[Si](C)(C)C(C)(C)C)o3)O[Si](C(C)C)(C(C)C)O2)[C@H](C)OCc2ccccc2)cc1. The molecule has 0 unspecified atom stereocenters. The molecule has 0 amide bonds. The van der Waals surface area contributed by atoms with Crippen molar-refractivity contribution in [1.29, 1.82) is 0 Å². The van der Waals surface area contributed by atoms with Crippen LogP contribution in [0.5, 0.6) is 5.75 Å². The number of methoxy groups -OCH3 is 1. The fourth-order valence-corrected chi connectivity index (χ4v) is 11.8. The minimum Gasteiger partial charge on any atom is -0.497 e. The number of furan rings is 1. The average Bonchev–Trinajstić information content (AvgIpc) is 3.56. The smallest absolute Gasteiger partial charge is 0.343 e. The molecule has 4 rings (SSSR count). The van der Waals surface area contributed by atoms with Gasteiger partial charge in [0.15, 0.2) is 8.32 Å². The fraction of sp³-hybridized carbons (Fsp3) is 0.619. The van der Waals surface area contributed by atoms with Crippen LogP contribution in [0.2, 0.25) is 29.2 Å². The van der Waals surface area contributed by atoms with E-state index in [0.717, 1.165) is 36.5 Å². The van der Waals surface area contributed by atoms with Gasteiger partial charge in [0.2, 0.25) is 0 Å². The van der Waals surface area contributed by atoms with E-state index in [9.17, 15) is 0 Å². The van der Waals surface area contributed by atoms with Gasteiger partial charge in [-0.25, -0.2) is 0 Å². The van der Waals surface area contributed by atoms with Crippen LogP contribution < -0.4 is 4.74 Å². The summed E-state index contributed by atoms with van der Waals surface area (Å²) in [5.41, 5.74) is 2.68. The predicted molar refractivity (Wildman–Crippen MR) is 210 cm³/mol. The van der Waals surface area contributed by atoms with Crippen molar-refractivity contribution in [3.8, 4) is 5.75 Å². The minimum absolute atomic E-state index is 0.0258. The molecule has 4 atom stereocenters. The maximum absolute atomic E-state index is 7.29.